The van der Waals surface area contributed by atoms with Crippen molar-refractivity contribution in [1.29, 1.82) is 0 Å². The predicted octanol–water partition coefficient (Wildman–Crippen LogP) is 1.08. The van der Waals surface area contributed by atoms with Gasteiger partial charge < -0.3 is 10.2 Å². The van der Waals surface area contributed by atoms with Gasteiger partial charge in [0, 0.05) is 25.2 Å². The van der Waals surface area contributed by atoms with E-state index in [-0.39, 0.29) is 11.9 Å². The fourth-order valence-electron chi connectivity index (χ4n) is 3.23. The maximum atomic E-state index is 12.8. The number of urea groups is 1. The molecule has 120 valence electrons. The smallest absolute Gasteiger partial charge is 0.323 e. The van der Waals surface area contributed by atoms with Crippen molar-refractivity contribution in [3.63, 3.8) is 0 Å². The van der Waals surface area contributed by atoms with Crippen molar-refractivity contribution in [3.05, 3.63) is 0 Å². The molecule has 2 aliphatic rings. The fourth-order valence-corrected chi connectivity index (χ4v) is 3.23. The van der Waals surface area contributed by atoms with Crippen LogP contribution >= 0.6 is 0 Å². The molecule has 0 saturated carbocycles. The van der Waals surface area contributed by atoms with Crippen LogP contribution in [0.4, 0.5) is 4.79 Å². The van der Waals surface area contributed by atoms with Crippen LogP contribution in [0.25, 0.3) is 0 Å². The summed E-state index contributed by atoms with van der Waals surface area (Å²) < 4.78 is 0. The van der Waals surface area contributed by atoms with Gasteiger partial charge in [-0.2, -0.15) is 0 Å². The Kier molecular flexibility index (Phi) is 4.58. The monoisotopic (exact) mass is 296 g/mol. The molecule has 0 aromatic carbocycles. The molecule has 3 amide bonds. The molecular formula is C15H28N4O2. The third kappa shape index (κ3) is 3.06. The number of imide groups is 1. The summed E-state index contributed by atoms with van der Waals surface area (Å²) >= 11 is 0. The van der Waals surface area contributed by atoms with Crippen molar-refractivity contribution < 1.29 is 9.59 Å². The number of hydrogen-bond donors (Lipinski definition) is 1. The summed E-state index contributed by atoms with van der Waals surface area (Å²) in [4.78, 5) is 30.8. The minimum absolute atomic E-state index is 0.0492. The second kappa shape index (κ2) is 5.93. The first kappa shape index (κ1) is 16.2. The van der Waals surface area contributed by atoms with Crippen LogP contribution in [0.15, 0.2) is 0 Å². The zero-order valence-electron chi connectivity index (χ0n) is 13.8. The van der Waals surface area contributed by atoms with E-state index in [1.54, 1.807) is 0 Å². The lowest BCUT2D eigenvalue weighted by Gasteiger charge is -2.36. The summed E-state index contributed by atoms with van der Waals surface area (Å²) in [6.45, 7) is 10.4. The first-order valence-corrected chi connectivity index (χ1v) is 7.85. The number of rotatable bonds is 4. The predicted molar refractivity (Wildman–Crippen MR) is 81.8 cm³/mol. The molecule has 2 rings (SSSR count). The molecular weight excluding hydrogens is 268 g/mol. The standard InChI is InChI=1S/C15H28N4O2/c1-11(2)18(12(3)4)10-19-13(20)15(16-14(19)21)6-8-17(5)9-7-15/h11-12H,6-10H2,1-5H3,(H,16,21). The van der Waals surface area contributed by atoms with E-state index in [4.69, 9.17) is 0 Å². The van der Waals surface area contributed by atoms with Crippen molar-refractivity contribution in [3.8, 4) is 0 Å². The maximum Gasteiger partial charge on any atom is 0.326 e. The molecule has 2 fully saturated rings. The van der Waals surface area contributed by atoms with Gasteiger partial charge in [0.2, 0.25) is 0 Å². The lowest BCUT2D eigenvalue weighted by molar-refractivity contribution is -0.134. The van der Waals surface area contributed by atoms with Gasteiger partial charge in [-0.3, -0.25) is 9.69 Å². The second-order valence-corrected chi connectivity index (χ2v) is 6.89. The molecule has 21 heavy (non-hydrogen) atoms. The molecule has 6 heteroatoms. The number of nitrogens with zero attached hydrogens (tertiary/aromatic N) is 3. The minimum Gasteiger partial charge on any atom is -0.323 e. The number of carbonyl (C=O) groups is 2. The largest absolute Gasteiger partial charge is 0.326 e. The zero-order valence-corrected chi connectivity index (χ0v) is 13.8. The quantitative estimate of drug-likeness (QED) is 0.789. The first-order chi connectivity index (χ1) is 9.77. The number of amides is 3. The lowest BCUT2D eigenvalue weighted by atomic mass is 9.88. The average Bonchev–Trinajstić information content (AvgIpc) is 2.62. The maximum absolute atomic E-state index is 12.8. The third-order valence-electron chi connectivity index (χ3n) is 4.72. The molecule has 0 aliphatic carbocycles. The Bertz CT molecular complexity index is 406. The Hall–Kier alpha value is -1.14. The van der Waals surface area contributed by atoms with E-state index in [2.05, 4.69) is 42.8 Å². The molecule has 2 aliphatic heterocycles. The summed E-state index contributed by atoms with van der Waals surface area (Å²) in [5.41, 5.74) is -0.663. The van der Waals surface area contributed by atoms with Crippen molar-refractivity contribution in [2.75, 3.05) is 26.8 Å². The SMILES string of the molecule is CC(C)N(CN1C(=O)NC2(CCN(C)CC2)C1=O)C(C)C. The lowest BCUT2D eigenvalue weighted by Crippen LogP contribution is -2.54. The number of likely N-dealkylation sites (tertiary alicyclic amines) is 1. The highest BCUT2D eigenvalue weighted by Gasteiger charge is 2.52. The highest BCUT2D eigenvalue weighted by atomic mass is 16.2. The Balaban J connectivity index is 2.11. The fraction of sp³-hybridized carbons (Fsp3) is 0.867. The normalized spacial score (nSPS) is 23.0. The molecule has 0 aromatic heterocycles. The van der Waals surface area contributed by atoms with E-state index < -0.39 is 5.54 Å². The minimum atomic E-state index is -0.663. The van der Waals surface area contributed by atoms with E-state index in [0.29, 0.717) is 31.6 Å². The van der Waals surface area contributed by atoms with Crippen LogP contribution in [-0.2, 0) is 4.79 Å². The van der Waals surface area contributed by atoms with Crippen molar-refractivity contribution >= 4 is 11.9 Å². The van der Waals surface area contributed by atoms with E-state index in [1.807, 2.05) is 7.05 Å². The van der Waals surface area contributed by atoms with Gasteiger partial charge in [-0.25, -0.2) is 9.69 Å². The number of carbonyl (C=O) groups excluding carboxylic acids is 2. The Labute approximate surface area is 127 Å². The van der Waals surface area contributed by atoms with Gasteiger partial charge >= 0.3 is 6.03 Å². The Morgan fingerprint density at radius 1 is 1.14 bits per heavy atom. The Morgan fingerprint density at radius 3 is 2.14 bits per heavy atom. The number of hydrogen-bond acceptors (Lipinski definition) is 4. The average molecular weight is 296 g/mol. The van der Waals surface area contributed by atoms with E-state index >= 15 is 0 Å². The highest BCUT2D eigenvalue weighted by Crippen LogP contribution is 2.29. The van der Waals surface area contributed by atoms with Crippen molar-refractivity contribution in [1.82, 2.24) is 20.0 Å². The molecule has 0 unspecified atom stereocenters. The molecule has 1 spiro atoms. The van der Waals surface area contributed by atoms with E-state index in [0.717, 1.165) is 13.1 Å². The molecule has 0 bridgehead atoms. The summed E-state index contributed by atoms with van der Waals surface area (Å²) in [5, 5.41) is 2.96. The summed E-state index contributed by atoms with van der Waals surface area (Å²) in [6, 6.07) is 0.343. The van der Waals surface area contributed by atoms with Gasteiger partial charge in [-0.15, -0.1) is 0 Å². The second-order valence-electron chi connectivity index (χ2n) is 6.89. The molecule has 6 nitrogen and oxygen atoms in total. The van der Waals surface area contributed by atoms with Gasteiger partial charge in [0.25, 0.3) is 5.91 Å². The summed E-state index contributed by atoms with van der Waals surface area (Å²) in [6.07, 6.45) is 1.40. The Morgan fingerprint density at radius 2 is 1.67 bits per heavy atom. The van der Waals surface area contributed by atoms with Gasteiger partial charge in [0.15, 0.2) is 0 Å². The molecule has 1 N–H and O–H groups in total. The van der Waals surface area contributed by atoms with Crippen LogP contribution in [0.3, 0.4) is 0 Å². The summed E-state index contributed by atoms with van der Waals surface area (Å²) in [5.74, 6) is -0.0492. The van der Waals surface area contributed by atoms with E-state index in [1.165, 1.54) is 4.90 Å². The van der Waals surface area contributed by atoms with Crippen LogP contribution in [0.2, 0.25) is 0 Å². The van der Waals surface area contributed by atoms with Crippen molar-refractivity contribution in [2.24, 2.45) is 0 Å². The van der Waals surface area contributed by atoms with E-state index in [9.17, 15) is 9.59 Å². The number of nitrogens with one attached hydrogen (secondary N) is 1. The van der Waals surface area contributed by atoms with Gasteiger partial charge in [-0.1, -0.05) is 0 Å². The summed E-state index contributed by atoms with van der Waals surface area (Å²) in [7, 11) is 2.05. The molecule has 0 aromatic rings. The van der Waals surface area contributed by atoms with Crippen LogP contribution in [0.5, 0.6) is 0 Å². The third-order valence-corrected chi connectivity index (χ3v) is 4.72. The topological polar surface area (TPSA) is 55.9 Å². The zero-order chi connectivity index (χ0) is 15.8. The van der Waals surface area contributed by atoms with Crippen LogP contribution < -0.4 is 5.32 Å². The number of piperidine rings is 1. The van der Waals surface area contributed by atoms with Gasteiger partial charge in [0.1, 0.15) is 5.54 Å². The van der Waals surface area contributed by atoms with Crippen molar-refractivity contribution in [2.45, 2.75) is 58.2 Å². The van der Waals surface area contributed by atoms with Gasteiger partial charge in [-0.05, 0) is 47.6 Å². The molecule has 0 radical (unpaired) electrons. The molecule has 2 heterocycles. The highest BCUT2D eigenvalue weighted by molar-refractivity contribution is 6.07. The first-order valence-electron chi connectivity index (χ1n) is 7.85. The van der Waals surface area contributed by atoms with Gasteiger partial charge in [0.05, 0.1) is 6.67 Å². The van der Waals surface area contributed by atoms with Crippen LogP contribution in [0, 0.1) is 0 Å². The van der Waals surface area contributed by atoms with Crippen LogP contribution in [0.1, 0.15) is 40.5 Å². The van der Waals surface area contributed by atoms with Crippen LogP contribution in [-0.4, -0.2) is 71.1 Å². The molecule has 0 atom stereocenters. The molecule has 2 saturated heterocycles.